The zero-order valence-corrected chi connectivity index (χ0v) is 17.9. The Bertz CT molecular complexity index is 1040. The minimum absolute atomic E-state index is 0.112. The fourth-order valence-corrected chi connectivity index (χ4v) is 3.76. The summed E-state index contributed by atoms with van der Waals surface area (Å²) in [7, 11) is 1.56. The van der Waals surface area contributed by atoms with Crippen molar-refractivity contribution in [3.05, 3.63) is 30.0 Å². The van der Waals surface area contributed by atoms with Crippen LogP contribution in [-0.2, 0) is 9.59 Å². The van der Waals surface area contributed by atoms with E-state index in [0.717, 1.165) is 10.9 Å². The number of piperidine rings is 1. The molecule has 1 aliphatic rings. The number of carbonyl (C=O) groups is 3. The second-order valence-corrected chi connectivity index (χ2v) is 8.22. The number of nitrogens with zero attached hydrogens (tertiary/aromatic N) is 1. The van der Waals surface area contributed by atoms with Crippen LogP contribution in [0.4, 0.5) is 0 Å². The fraction of sp³-hybridized carbons (Fsp3) is 0.455. The molecule has 1 fully saturated rings. The van der Waals surface area contributed by atoms with Gasteiger partial charge in [0.15, 0.2) is 0 Å². The number of aromatic amines is 1. The molecule has 0 radical (unpaired) electrons. The first kappa shape index (κ1) is 22.2. The number of aromatic nitrogens is 1. The smallest absolute Gasteiger partial charge is 0.268 e. The Morgan fingerprint density at radius 3 is 2.77 bits per heavy atom. The lowest BCUT2D eigenvalue weighted by Gasteiger charge is -2.33. The van der Waals surface area contributed by atoms with Crippen molar-refractivity contribution < 1.29 is 19.1 Å². The van der Waals surface area contributed by atoms with Crippen LogP contribution in [0.1, 0.15) is 43.6 Å². The SMILES string of the molecule is COc1cccc2[nH]c(C(=O)N[C@@H](CC(C)C)C(=O)NC3(C#N)CCNC(=O)C3)cc12. The normalized spacial score (nSPS) is 19.4. The maximum atomic E-state index is 13.0. The monoisotopic (exact) mass is 425 g/mol. The van der Waals surface area contributed by atoms with E-state index in [1.807, 2.05) is 26.0 Å². The van der Waals surface area contributed by atoms with Crippen molar-refractivity contribution in [3.8, 4) is 11.8 Å². The molecule has 31 heavy (non-hydrogen) atoms. The summed E-state index contributed by atoms with van der Waals surface area (Å²) in [4.78, 5) is 40.7. The van der Waals surface area contributed by atoms with E-state index >= 15 is 0 Å². The number of hydrogen-bond acceptors (Lipinski definition) is 5. The van der Waals surface area contributed by atoms with Crippen molar-refractivity contribution in [3.63, 3.8) is 0 Å². The summed E-state index contributed by atoms with van der Waals surface area (Å²) in [5.41, 5.74) is -0.229. The van der Waals surface area contributed by atoms with Gasteiger partial charge in [0.25, 0.3) is 5.91 Å². The van der Waals surface area contributed by atoms with Gasteiger partial charge in [-0.1, -0.05) is 19.9 Å². The Kier molecular flexibility index (Phi) is 6.49. The van der Waals surface area contributed by atoms with Gasteiger partial charge in [0.1, 0.15) is 23.0 Å². The highest BCUT2D eigenvalue weighted by Crippen LogP contribution is 2.26. The molecule has 1 aliphatic heterocycles. The molecule has 1 saturated heterocycles. The van der Waals surface area contributed by atoms with E-state index in [2.05, 4.69) is 27.0 Å². The van der Waals surface area contributed by atoms with Gasteiger partial charge in [0, 0.05) is 23.9 Å². The lowest BCUT2D eigenvalue weighted by atomic mass is 9.88. The summed E-state index contributed by atoms with van der Waals surface area (Å²) in [6, 6.07) is 8.35. The van der Waals surface area contributed by atoms with Gasteiger partial charge in [-0.05, 0) is 30.5 Å². The number of fused-ring (bicyclic) bond motifs is 1. The number of carbonyl (C=O) groups excluding carboxylic acids is 3. The van der Waals surface area contributed by atoms with Crippen LogP contribution < -0.4 is 20.7 Å². The third-order valence-corrected chi connectivity index (χ3v) is 5.33. The average Bonchev–Trinajstić information content (AvgIpc) is 3.17. The molecule has 0 spiro atoms. The second kappa shape index (κ2) is 9.08. The number of nitrogens with one attached hydrogen (secondary N) is 4. The number of ether oxygens (including phenoxy) is 1. The highest BCUT2D eigenvalue weighted by molar-refractivity contribution is 6.01. The maximum absolute atomic E-state index is 13.0. The minimum Gasteiger partial charge on any atom is -0.496 e. The second-order valence-electron chi connectivity index (χ2n) is 8.22. The van der Waals surface area contributed by atoms with Gasteiger partial charge >= 0.3 is 0 Å². The fourth-order valence-electron chi connectivity index (χ4n) is 3.76. The molecule has 1 unspecified atom stereocenters. The Morgan fingerprint density at radius 1 is 1.35 bits per heavy atom. The Labute approximate surface area is 180 Å². The molecular formula is C22H27N5O4. The molecule has 9 heteroatoms. The quantitative estimate of drug-likeness (QED) is 0.534. The van der Waals surface area contributed by atoms with E-state index in [-0.39, 0.29) is 18.2 Å². The van der Waals surface area contributed by atoms with Crippen LogP contribution >= 0.6 is 0 Å². The standard InChI is InChI=1S/C22H27N5O4/c1-13(2)9-16(21(30)27-22(12-23)7-8-24-19(28)11-22)26-20(29)17-10-14-15(25-17)5-4-6-18(14)31-3/h4-6,10,13,16,25H,7-9,11H2,1-3H3,(H,24,28)(H,26,29)(H,27,30)/t16-,22?/m0/s1. The van der Waals surface area contributed by atoms with Crippen molar-refractivity contribution in [2.24, 2.45) is 5.92 Å². The first-order valence-electron chi connectivity index (χ1n) is 10.2. The van der Waals surface area contributed by atoms with E-state index in [0.29, 0.717) is 30.8 Å². The summed E-state index contributed by atoms with van der Waals surface area (Å²) in [6.07, 6.45) is 0.583. The van der Waals surface area contributed by atoms with E-state index in [4.69, 9.17) is 4.74 Å². The summed E-state index contributed by atoms with van der Waals surface area (Å²) < 4.78 is 5.33. The largest absolute Gasteiger partial charge is 0.496 e. The Balaban J connectivity index is 1.79. The summed E-state index contributed by atoms with van der Waals surface area (Å²) in [6.45, 7) is 4.19. The highest BCUT2D eigenvalue weighted by Gasteiger charge is 2.39. The number of methoxy groups -OCH3 is 1. The number of rotatable bonds is 7. The van der Waals surface area contributed by atoms with Crippen LogP contribution in [-0.4, -0.2) is 47.9 Å². The molecule has 1 aromatic carbocycles. The molecule has 1 aromatic heterocycles. The van der Waals surface area contributed by atoms with Crippen molar-refractivity contribution in [1.29, 1.82) is 5.26 Å². The van der Waals surface area contributed by atoms with Crippen molar-refractivity contribution in [1.82, 2.24) is 20.9 Å². The van der Waals surface area contributed by atoms with E-state index in [1.54, 1.807) is 19.2 Å². The minimum atomic E-state index is -1.27. The molecule has 3 rings (SSSR count). The number of hydrogen-bond donors (Lipinski definition) is 4. The third kappa shape index (κ3) is 4.97. The molecule has 0 saturated carbocycles. The Hall–Kier alpha value is -3.54. The third-order valence-electron chi connectivity index (χ3n) is 5.33. The van der Waals surface area contributed by atoms with Crippen molar-refractivity contribution >= 4 is 28.6 Å². The molecule has 0 bridgehead atoms. The molecule has 2 heterocycles. The summed E-state index contributed by atoms with van der Waals surface area (Å²) in [5, 5.41) is 18.5. The molecule has 3 amide bonds. The predicted molar refractivity (Wildman–Crippen MR) is 114 cm³/mol. The first-order chi connectivity index (χ1) is 14.8. The molecule has 9 nitrogen and oxygen atoms in total. The van der Waals surface area contributed by atoms with E-state index in [1.165, 1.54) is 0 Å². The Morgan fingerprint density at radius 2 is 2.13 bits per heavy atom. The van der Waals surface area contributed by atoms with Gasteiger partial charge < -0.3 is 25.7 Å². The van der Waals surface area contributed by atoms with E-state index in [9.17, 15) is 19.6 Å². The molecule has 4 N–H and O–H groups in total. The van der Waals surface area contributed by atoms with Gasteiger partial charge in [-0.3, -0.25) is 14.4 Å². The highest BCUT2D eigenvalue weighted by atomic mass is 16.5. The average molecular weight is 425 g/mol. The number of nitriles is 1. The van der Waals surface area contributed by atoms with Gasteiger partial charge in [-0.15, -0.1) is 0 Å². The zero-order chi connectivity index (χ0) is 22.6. The lowest BCUT2D eigenvalue weighted by molar-refractivity contribution is -0.127. The molecule has 164 valence electrons. The van der Waals surface area contributed by atoms with Crippen LogP contribution in [0.3, 0.4) is 0 Å². The predicted octanol–water partition coefficient (Wildman–Crippen LogP) is 1.61. The lowest BCUT2D eigenvalue weighted by Crippen LogP contribution is -2.59. The van der Waals surface area contributed by atoms with E-state index < -0.39 is 23.4 Å². The van der Waals surface area contributed by atoms with Crippen LogP contribution in [0.5, 0.6) is 5.75 Å². The topological polar surface area (TPSA) is 136 Å². The maximum Gasteiger partial charge on any atom is 0.268 e. The summed E-state index contributed by atoms with van der Waals surface area (Å²) in [5.74, 6) is -0.453. The number of benzene rings is 1. The van der Waals surface area contributed by atoms with Crippen LogP contribution in [0, 0.1) is 17.2 Å². The number of amides is 3. The summed E-state index contributed by atoms with van der Waals surface area (Å²) >= 11 is 0. The van der Waals surface area contributed by atoms with Crippen LogP contribution in [0.2, 0.25) is 0 Å². The van der Waals surface area contributed by atoms with Crippen LogP contribution in [0.25, 0.3) is 10.9 Å². The van der Waals surface area contributed by atoms with Gasteiger partial charge in [-0.25, -0.2) is 0 Å². The van der Waals surface area contributed by atoms with Gasteiger partial charge in [0.05, 0.1) is 19.6 Å². The molecule has 2 aromatic rings. The van der Waals surface area contributed by atoms with Gasteiger partial charge in [-0.2, -0.15) is 5.26 Å². The van der Waals surface area contributed by atoms with Crippen LogP contribution in [0.15, 0.2) is 24.3 Å². The van der Waals surface area contributed by atoms with Gasteiger partial charge in [0.2, 0.25) is 11.8 Å². The molecule has 0 aliphatic carbocycles. The number of H-pyrrole nitrogens is 1. The van der Waals surface area contributed by atoms with Crippen molar-refractivity contribution in [2.75, 3.05) is 13.7 Å². The molecule has 2 atom stereocenters. The zero-order valence-electron chi connectivity index (χ0n) is 17.9. The van der Waals surface area contributed by atoms with Crippen molar-refractivity contribution in [2.45, 2.75) is 44.7 Å². The first-order valence-corrected chi connectivity index (χ1v) is 10.2. The molecular weight excluding hydrogens is 398 g/mol.